The van der Waals surface area contributed by atoms with Gasteiger partial charge in [-0.3, -0.25) is 0 Å². The maximum Gasteiger partial charge on any atom is 0.160 e. The molecule has 0 aliphatic heterocycles. The summed E-state index contributed by atoms with van der Waals surface area (Å²) < 4.78 is 4.95. The molecule has 0 aliphatic carbocycles. The van der Waals surface area contributed by atoms with Gasteiger partial charge in [-0.25, -0.2) is 0 Å². The number of allylic oxidation sites excluding steroid dienone is 1. The van der Waals surface area contributed by atoms with Crippen LogP contribution in [0.5, 0.6) is 11.5 Å². The van der Waals surface area contributed by atoms with Crippen LogP contribution < -0.4 is 4.74 Å². The fourth-order valence-corrected chi connectivity index (χ4v) is 1.02. The average Bonchev–Trinajstić information content (AvgIpc) is 2.09. The molecule has 1 rings (SSSR count). The van der Waals surface area contributed by atoms with Crippen LogP contribution in [0.2, 0.25) is 0 Å². The van der Waals surface area contributed by atoms with Gasteiger partial charge in [-0.2, -0.15) is 0 Å². The van der Waals surface area contributed by atoms with Crippen LogP contribution in [0.15, 0.2) is 30.9 Å². The topological polar surface area (TPSA) is 61.0 Å². The first-order chi connectivity index (χ1) is 5.77. The molecule has 3 nitrogen and oxygen atoms in total. The maximum atomic E-state index is 9.25. The van der Waals surface area contributed by atoms with Crippen molar-refractivity contribution in [3.63, 3.8) is 0 Å². The van der Waals surface area contributed by atoms with Gasteiger partial charge in [-0.15, -0.1) is 6.58 Å². The van der Waals surface area contributed by atoms with Crippen LogP contribution in [0.3, 0.4) is 0 Å². The highest BCUT2D eigenvalue weighted by atomic mass is 16.5. The quantitative estimate of drug-likeness (QED) is 0.716. The molecule has 0 radical (unpaired) electrons. The largest absolute Gasteiger partial charge is 0.504 e. The van der Waals surface area contributed by atoms with E-state index in [0.29, 0.717) is 5.75 Å². The van der Waals surface area contributed by atoms with Gasteiger partial charge >= 0.3 is 0 Å². The fourth-order valence-electron chi connectivity index (χ4n) is 1.02. The maximum absolute atomic E-state index is 9.25. The number of rotatable bonds is 3. The van der Waals surface area contributed by atoms with Crippen LogP contribution in [0.1, 0.15) is 5.56 Å². The molecule has 0 spiro atoms. The lowest BCUT2D eigenvalue weighted by atomic mass is 10.1. The van der Waals surface area contributed by atoms with Gasteiger partial charge < -0.3 is 15.3 Å². The van der Waals surface area contributed by atoms with Crippen LogP contribution in [0.25, 0.3) is 0 Å². The highest BCUT2D eigenvalue weighted by molar-refractivity contribution is 5.42. The molecule has 72 valence electrons. The Kier molecular flexibility index (Phi) is 4.62. The second-order valence-electron chi connectivity index (χ2n) is 2.50. The number of ether oxygens (including phenoxy) is 1. The Morgan fingerprint density at radius 2 is 2.23 bits per heavy atom. The summed E-state index contributed by atoms with van der Waals surface area (Å²) in [6.07, 6.45) is 2.60. The Labute approximate surface area is 77.6 Å². The van der Waals surface area contributed by atoms with E-state index in [-0.39, 0.29) is 11.2 Å². The molecular formula is C10H14O3. The average molecular weight is 182 g/mol. The first kappa shape index (κ1) is 11.5. The van der Waals surface area contributed by atoms with E-state index in [2.05, 4.69) is 6.58 Å². The molecule has 13 heavy (non-hydrogen) atoms. The summed E-state index contributed by atoms with van der Waals surface area (Å²) in [5.74, 6) is 0.680. The third kappa shape index (κ3) is 2.80. The highest BCUT2D eigenvalue weighted by Crippen LogP contribution is 2.26. The molecule has 0 unspecified atom stereocenters. The molecule has 3 N–H and O–H groups in total. The Hall–Kier alpha value is -1.48. The smallest absolute Gasteiger partial charge is 0.160 e. The minimum atomic E-state index is 0. The van der Waals surface area contributed by atoms with E-state index in [4.69, 9.17) is 4.74 Å². The number of hydrogen-bond donors (Lipinski definition) is 1. The van der Waals surface area contributed by atoms with Crippen molar-refractivity contribution in [2.75, 3.05) is 7.11 Å². The SMILES string of the molecule is C=CCc1ccc(O)c(OC)c1.O. The Bertz CT molecular complexity index is 281. The molecule has 1 aromatic carbocycles. The number of methoxy groups -OCH3 is 1. The minimum Gasteiger partial charge on any atom is -0.504 e. The van der Waals surface area contributed by atoms with Crippen molar-refractivity contribution < 1.29 is 15.3 Å². The molecule has 0 amide bonds. The first-order valence-electron chi connectivity index (χ1n) is 3.74. The van der Waals surface area contributed by atoms with Gasteiger partial charge in [0.25, 0.3) is 0 Å². The summed E-state index contributed by atoms with van der Waals surface area (Å²) in [7, 11) is 1.53. The Morgan fingerprint density at radius 1 is 1.54 bits per heavy atom. The summed E-state index contributed by atoms with van der Waals surface area (Å²) in [6, 6.07) is 5.27. The van der Waals surface area contributed by atoms with Gasteiger partial charge in [-0.05, 0) is 24.1 Å². The second kappa shape index (κ2) is 5.22. The standard InChI is InChI=1S/C10H12O2.H2O/c1-3-4-8-5-6-9(11)10(7-8)12-2;/h3,5-7,11H,1,4H2,2H3;1H2. The molecule has 1 aromatic rings. The van der Waals surface area contributed by atoms with Gasteiger partial charge in [0.2, 0.25) is 0 Å². The zero-order chi connectivity index (χ0) is 8.97. The van der Waals surface area contributed by atoms with Crippen LogP contribution in [-0.4, -0.2) is 17.7 Å². The van der Waals surface area contributed by atoms with Crippen molar-refractivity contribution in [2.45, 2.75) is 6.42 Å². The summed E-state index contributed by atoms with van der Waals surface area (Å²) in [4.78, 5) is 0. The minimum absolute atomic E-state index is 0. The number of benzene rings is 1. The lowest BCUT2D eigenvalue weighted by Crippen LogP contribution is -1.86. The second-order valence-corrected chi connectivity index (χ2v) is 2.50. The van der Waals surface area contributed by atoms with E-state index in [0.717, 1.165) is 12.0 Å². The van der Waals surface area contributed by atoms with Crippen LogP contribution in [0, 0.1) is 0 Å². The van der Waals surface area contributed by atoms with E-state index in [1.807, 2.05) is 12.1 Å². The Balaban J connectivity index is 0.00000144. The van der Waals surface area contributed by atoms with Crippen molar-refractivity contribution >= 4 is 0 Å². The normalized spacial score (nSPS) is 8.69. The summed E-state index contributed by atoms with van der Waals surface area (Å²) in [6.45, 7) is 3.63. The first-order valence-corrected chi connectivity index (χ1v) is 3.74. The van der Waals surface area contributed by atoms with E-state index in [1.165, 1.54) is 7.11 Å². The molecule has 0 fully saturated rings. The van der Waals surface area contributed by atoms with Crippen molar-refractivity contribution in [3.05, 3.63) is 36.4 Å². The van der Waals surface area contributed by atoms with E-state index < -0.39 is 0 Å². The molecule has 0 atom stereocenters. The summed E-state index contributed by atoms with van der Waals surface area (Å²) in [5, 5.41) is 9.25. The van der Waals surface area contributed by atoms with Crippen LogP contribution >= 0.6 is 0 Å². The zero-order valence-electron chi connectivity index (χ0n) is 7.58. The van der Waals surface area contributed by atoms with Crippen molar-refractivity contribution in [1.82, 2.24) is 0 Å². The van der Waals surface area contributed by atoms with Crippen LogP contribution in [0.4, 0.5) is 0 Å². The Morgan fingerprint density at radius 3 is 2.77 bits per heavy atom. The monoisotopic (exact) mass is 182 g/mol. The molecule has 0 saturated heterocycles. The van der Waals surface area contributed by atoms with Gasteiger partial charge in [-0.1, -0.05) is 12.1 Å². The number of hydrogen-bond acceptors (Lipinski definition) is 2. The molecule has 0 saturated carbocycles. The summed E-state index contributed by atoms with van der Waals surface area (Å²) in [5.41, 5.74) is 1.08. The molecule has 0 bridgehead atoms. The third-order valence-electron chi connectivity index (χ3n) is 1.62. The van der Waals surface area contributed by atoms with Crippen LogP contribution in [-0.2, 0) is 6.42 Å². The van der Waals surface area contributed by atoms with Gasteiger partial charge in [0.05, 0.1) is 7.11 Å². The van der Waals surface area contributed by atoms with Crippen molar-refractivity contribution in [1.29, 1.82) is 0 Å². The summed E-state index contributed by atoms with van der Waals surface area (Å²) >= 11 is 0. The molecular weight excluding hydrogens is 168 g/mol. The van der Waals surface area contributed by atoms with E-state index >= 15 is 0 Å². The van der Waals surface area contributed by atoms with Crippen molar-refractivity contribution in [3.8, 4) is 11.5 Å². The van der Waals surface area contributed by atoms with E-state index in [9.17, 15) is 5.11 Å². The van der Waals surface area contributed by atoms with Gasteiger partial charge in [0.15, 0.2) is 11.5 Å². The predicted octanol–water partition coefficient (Wildman–Crippen LogP) is 1.30. The lowest BCUT2D eigenvalue weighted by Gasteiger charge is -2.04. The highest BCUT2D eigenvalue weighted by Gasteiger charge is 2.00. The predicted molar refractivity (Wildman–Crippen MR) is 52.2 cm³/mol. The van der Waals surface area contributed by atoms with Crippen molar-refractivity contribution in [2.24, 2.45) is 0 Å². The van der Waals surface area contributed by atoms with Gasteiger partial charge in [0, 0.05) is 0 Å². The van der Waals surface area contributed by atoms with E-state index in [1.54, 1.807) is 12.1 Å². The fraction of sp³-hybridized carbons (Fsp3) is 0.200. The lowest BCUT2D eigenvalue weighted by molar-refractivity contribution is 0.373. The number of aromatic hydroxyl groups is 1. The molecule has 0 aliphatic rings. The number of phenolic OH excluding ortho intramolecular Hbond substituents is 1. The number of phenols is 1. The molecule has 3 heteroatoms. The molecule has 0 heterocycles. The molecule has 0 aromatic heterocycles. The zero-order valence-corrected chi connectivity index (χ0v) is 7.58. The van der Waals surface area contributed by atoms with Gasteiger partial charge in [0.1, 0.15) is 0 Å². The third-order valence-corrected chi connectivity index (χ3v) is 1.62.